The zero-order valence-corrected chi connectivity index (χ0v) is 19.9. The van der Waals surface area contributed by atoms with E-state index in [9.17, 15) is 9.59 Å². The van der Waals surface area contributed by atoms with Crippen LogP contribution in [0.3, 0.4) is 0 Å². The number of nitrogens with one attached hydrogen (secondary N) is 1. The number of methoxy groups -OCH3 is 1. The van der Waals surface area contributed by atoms with Crippen LogP contribution in [0.25, 0.3) is 0 Å². The van der Waals surface area contributed by atoms with Crippen LogP contribution in [-0.4, -0.2) is 61.6 Å². The van der Waals surface area contributed by atoms with Crippen LogP contribution in [0.5, 0.6) is 5.75 Å². The highest BCUT2D eigenvalue weighted by Gasteiger charge is 2.14. The Balaban J connectivity index is 0.000000569. The minimum Gasteiger partial charge on any atom is -0.495 e. The predicted octanol–water partition coefficient (Wildman–Crippen LogP) is 4.44. The van der Waals surface area contributed by atoms with Crippen molar-refractivity contribution < 1.29 is 29.0 Å². The van der Waals surface area contributed by atoms with Gasteiger partial charge in [0, 0.05) is 9.79 Å². The molecule has 0 unspecified atom stereocenters. The van der Waals surface area contributed by atoms with Gasteiger partial charge in [0.15, 0.2) is 6.73 Å². The second kappa shape index (κ2) is 12.1. The number of benzene rings is 3. The van der Waals surface area contributed by atoms with Crippen molar-refractivity contribution in [2.45, 2.75) is 9.79 Å². The first kappa shape index (κ1) is 25.9. The van der Waals surface area contributed by atoms with Gasteiger partial charge in [-0.05, 0) is 48.5 Å². The number of nitrogens with zero attached hydrogens (tertiary/aromatic N) is 1. The molecule has 0 radical (unpaired) electrons. The van der Waals surface area contributed by atoms with Crippen molar-refractivity contribution in [2.75, 3.05) is 40.3 Å². The second-order valence-corrected chi connectivity index (χ2v) is 9.13. The maximum atomic E-state index is 12.8. The first-order valence-corrected chi connectivity index (χ1v) is 10.9. The number of rotatable bonds is 7. The SMILES string of the molecule is COc1ccccc1NC(=O)c1ccccc1Sc1ccc(C(=O)O)cc1.C[N+](C)(C)CO. The summed E-state index contributed by atoms with van der Waals surface area (Å²) in [6.07, 6.45) is 0. The molecule has 0 heterocycles. The molecule has 174 valence electrons. The fourth-order valence-electron chi connectivity index (χ4n) is 2.47. The highest BCUT2D eigenvalue weighted by molar-refractivity contribution is 7.99. The van der Waals surface area contributed by atoms with Crippen LogP contribution in [0.4, 0.5) is 5.69 Å². The fourth-order valence-corrected chi connectivity index (χ4v) is 3.42. The molecule has 0 aromatic heterocycles. The Morgan fingerprint density at radius 3 is 2.09 bits per heavy atom. The smallest absolute Gasteiger partial charge is 0.335 e. The van der Waals surface area contributed by atoms with Gasteiger partial charge in [0.25, 0.3) is 5.91 Å². The van der Waals surface area contributed by atoms with Crippen molar-refractivity contribution in [3.8, 4) is 5.75 Å². The van der Waals surface area contributed by atoms with Crippen molar-refractivity contribution in [3.05, 3.63) is 83.9 Å². The average molecular weight is 470 g/mol. The molecule has 0 atom stereocenters. The Hall–Kier alpha value is -3.33. The standard InChI is InChI=1S/C21H17NO4S.C4H12NO/c1-26-18-8-4-3-7-17(18)22-20(23)16-6-2-5-9-19(16)27-15-12-10-14(11-13-15)21(24)25;1-5(2,3)4-6/h2-13H,1H3,(H,22,23)(H,24,25);6H,4H2,1-3H3/q;+1. The summed E-state index contributed by atoms with van der Waals surface area (Å²) in [6, 6.07) is 21.0. The van der Waals surface area contributed by atoms with Gasteiger partial charge in [0.2, 0.25) is 0 Å². The van der Waals surface area contributed by atoms with Gasteiger partial charge in [-0.25, -0.2) is 4.79 Å². The Morgan fingerprint density at radius 2 is 1.52 bits per heavy atom. The molecule has 0 aliphatic heterocycles. The number of aliphatic hydroxyl groups is 1. The molecule has 0 fully saturated rings. The molecule has 8 heteroatoms. The largest absolute Gasteiger partial charge is 0.495 e. The van der Waals surface area contributed by atoms with E-state index in [4.69, 9.17) is 14.9 Å². The molecule has 3 aromatic rings. The molecule has 3 rings (SSSR count). The van der Waals surface area contributed by atoms with E-state index in [1.807, 2.05) is 45.4 Å². The molecule has 33 heavy (non-hydrogen) atoms. The number of hydrogen-bond donors (Lipinski definition) is 3. The quantitative estimate of drug-likeness (QED) is 0.350. The summed E-state index contributed by atoms with van der Waals surface area (Å²) >= 11 is 1.40. The summed E-state index contributed by atoms with van der Waals surface area (Å²) in [4.78, 5) is 25.4. The van der Waals surface area contributed by atoms with Gasteiger partial charge in [0.1, 0.15) is 5.75 Å². The number of hydrogen-bond acceptors (Lipinski definition) is 5. The Labute approximate surface area is 198 Å². The molecule has 7 nitrogen and oxygen atoms in total. The zero-order chi connectivity index (χ0) is 24.4. The number of carbonyl (C=O) groups is 2. The average Bonchev–Trinajstić information content (AvgIpc) is 2.80. The number of carboxylic acid groups (broad SMARTS) is 1. The molecular formula is C25H29N2O5S+. The molecule has 3 aromatic carbocycles. The third-order valence-electron chi connectivity index (χ3n) is 4.24. The van der Waals surface area contributed by atoms with Gasteiger partial charge in [-0.3, -0.25) is 4.79 Å². The predicted molar refractivity (Wildman–Crippen MR) is 130 cm³/mol. The number of quaternary nitrogens is 1. The van der Waals surface area contributed by atoms with E-state index < -0.39 is 5.97 Å². The molecule has 0 aliphatic carbocycles. The van der Waals surface area contributed by atoms with Crippen LogP contribution in [0, 0.1) is 0 Å². The summed E-state index contributed by atoms with van der Waals surface area (Å²) in [5.41, 5.74) is 1.34. The molecule has 3 N–H and O–H groups in total. The van der Waals surface area contributed by atoms with Crippen LogP contribution >= 0.6 is 11.8 Å². The third-order valence-corrected chi connectivity index (χ3v) is 5.32. The lowest BCUT2D eigenvalue weighted by Gasteiger charge is -2.19. The highest BCUT2D eigenvalue weighted by atomic mass is 32.2. The van der Waals surface area contributed by atoms with Crippen molar-refractivity contribution >= 4 is 29.3 Å². The van der Waals surface area contributed by atoms with Crippen LogP contribution < -0.4 is 10.1 Å². The van der Waals surface area contributed by atoms with E-state index >= 15 is 0 Å². The van der Waals surface area contributed by atoms with Crippen molar-refractivity contribution in [1.29, 1.82) is 0 Å². The van der Waals surface area contributed by atoms with E-state index in [-0.39, 0.29) is 18.2 Å². The van der Waals surface area contributed by atoms with Crippen molar-refractivity contribution in [3.63, 3.8) is 0 Å². The molecule has 0 saturated heterocycles. The lowest BCUT2D eigenvalue weighted by Crippen LogP contribution is -2.34. The second-order valence-electron chi connectivity index (χ2n) is 8.01. The van der Waals surface area contributed by atoms with Crippen LogP contribution in [0.1, 0.15) is 20.7 Å². The zero-order valence-electron chi connectivity index (χ0n) is 19.1. The summed E-state index contributed by atoms with van der Waals surface area (Å²) < 4.78 is 5.90. The van der Waals surface area contributed by atoms with Gasteiger partial charge < -0.3 is 24.7 Å². The number of amides is 1. The van der Waals surface area contributed by atoms with Crippen LogP contribution in [0.15, 0.2) is 82.6 Å². The first-order valence-electron chi connectivity index (χ1n) is 10.1. The summed E-state index contributed by atoms with van der Waals surface area (Å²) in [5, 5.41) is 20.2. The molecule has 0 spiro atoms. The first-order chi connectivity index (χ1) is 15.6. The Morgan fingerprint density at radius 1 is 0.939 bits per heavy atom. The van der Waals surface area contributed by atoms with E-state index in [1.54, 1.807) is 55.6 Å². The van der Waals surface area contributed by atoms with Crippen molar-refractivity contribution in [1.82, 2.24) is 0 Å². The molecule has 0 bridgehead atoms. The molecule has 0 saturated carbocycles. The minimum atomic E-state index is -0.969. The molecular weight excluding hydrogens is 440 g/mol. The van der Waals surface area contributed by atoms with E-state index in [2.05, 4.69) is 5.32 Å². The van der Waals surface area contributed by atoms with E-state index in [0.29, 0.717) is 21.5 Å². The number of ether oxygens (including phenoxy) is 1. The van der Waals surface area contributed by atoms with Gasteiger partial charge in [-0.2, -0.15) is 0 Å². The third kappa shape index (κ3) is 8.27. The number of para-hydroxylation sites is 2. The van der Waals surface area contributed by atoms with E-state index in [0.717, 1.165) is 9.79 Å². The number of carbonyl (C=O) groups excluding carboxylic acids is 1. The maximum Gasteiger partial charge on any atom is 0.335 e. The van der Waals surface area contributed by atoms with Crippen molar-refractivity contribution in [2.24, 2.45) is 0 Å². The number of aliphatic hydroxyl groups excluding tert-OH is 1. The summed E-state index contributed by atoms with van der Waals surface area (Å²) in [7, 11) is 7.34. The molecule has 0 aliphatic rings. The van der Waals surface area contributed by atoms with E-state index in [1.165, 1.54) is 11.8 Å². The van der Waals surface area contributed by atoms with Gasteiger partial charge in [0.05, 0.1) is 45.1 Å². The number of anilines is 1. The highest BCUT2D eigenvalue weighted by Crippen LogP contribution is 2.32. The molecule has 1 amide bonds. The van der Waals surface area contributed by atoms with Crippen LogP contribution in [-0.2, 0) is 0 Å². The monoisotopic (exact) mass is 469 g/mol. The minimum absolute atomic E-state index is 0.208. The Kier molecular flexibility index (Phi) is 9.47. The number of carboxylic acids is 1. The summed E-state index contributed by atoms with van der Waals surface area (Å²) in [6.45, 7) is 0.208. The maximum absolute atomic E-state index is 12.8. The van der Waals surface area contributed by atoms with Gasteiger partial charge in [-0.15, -0.1) is 0 Å². The number of aromatic carboxylic acids is 1. The Bertz CT molecular complexity index is 1080. The topological polar surface area (TPSA) is 95.9 Å². The van der Waals surface area contributed by atoms with Gasteiger partial charge >= 0.3 is 5.97 Å². The lowest BCUT2D eigenvalue weighted by atomic mass is 10.2. The fraction of sp³-hybridized carbons (Fsp3) is 0.200. The summed E-state index contributed by atoms with van der Waals surface area (Å²) in [5.74, 6) is -0.631. The normalized spacial score (nSPS) is 10.6. The van der Waals surface area contributed by atoms with Gasteiger partial charge in [-0.1, -0.05) is 36.0 Å². The lowest BCUT2D eigenvalue weighted by molar-refractivity contribution is -0.889. The van der Waals surface area contributed by atoms with Crippen LogP contribution in [0.2, 0.25) is 0 Å².